The van der Waals surface area contributed by atoms with Crippen LogP contribution in [0.2, 0.25) is 0 Å². The third-order valence-corrected chi connectivity index (χ3v) is 7.64. The van der Waals surface area contributed by atoms with Crippen molar-refractivity contribution in [2.24, 2.45) is 0 Å². The molecule has 0 bridgehead atoms. The number of benzene rings is 5. The summed E-state index contributed by atoms with van der Waals surface area (Å²) in [6.07, 6.45) is 3.57. The number of hydrogen-bond acceptors (Lipinski definition) is 2. The molecule has 0 spiro atoms. The second-order valence-corrected chi connectivity index (χ2v) is 11.0. The predicted molar refractivity (Wildman–Crippen MR) is 186 cm³/mol. The maximum Gasteiger partial charge on any atom is 0.0626 e. The molecule has 0 aliphatic carbocycles. The average molecular weight is 776 g/mol. The third kappa shape index (κ3) is 7.82. The van der Waals surface area contributed by atoms with Crippen LogP contribution in [0.5, 0.6) is 0 Å². The monoisotopic (exact) mass is 776 g/mol. The van der Waals surface area contributed by atoms with Crippen LogP contribution in [0.15, 0.2) is 170 Å². The second kappa shape index (κ2) is 15.4. The Hall–Kier alpha value is -4.95. The molecule has 0 saturated heterocycles. The van der Waals surface area contributed by atoms with E-state index in [1.807, 2.05) is 111 Å². The van der Waals surface area contributed by atoms with Gasteiger partial charge in [0.2, 0.25) is 0 Å². The van der Waals surface area contributed by atoms with Gasteiger partial charge in [-0.25, -0.2) is 0 Å². The molecular weight excluding hydrogens is 737 g/mol. The van der Waals surface area contributed by atoms with Crippen LogP contribution >= 0.6 is 0 Å². The molecule has 0 atom stereocenters. The Bertz CT molecular complexity index is 2160. The zero-order chi connectivity index (χ0) is 35.3. The summed E-state index contributed by atoms with van der Waals surface area (Å²) in [4.78, 5) is 8.87. The Morgan fingerprint density at radius 3 is 1.76 bits per heavy atom. The molecule has 0 N–H and O–H groups in total. The normalized spacial score (nSPS) is 12.2. The number of nitrogens with zero attached hydrogens (tertiary/aromatic N) is 2. The molecule has 2 aromatic heterocycles. The number of aromatic nitrogens is 2. The van der Waals surface area contributed by atoms with Gasteiger partial charge in [0, 0.05) is 32.5 Å². The van der Waals surface area contributed by atoms with E-state index in [0.717, 1.165) is 39.2 Å². The summed E-state index contributed by atoms with van der Waals surface area (Å²) < 4.78 is 40.7. The summed E-state index contributed by atoms with van der Waals surface area (Å²) in [6, 6.07) is 47.0. The van der Waals surface area contributed by atoms with Crippen LogP contribution in [0.3, 0.4) is 0 Å². The molecule has 1 radical (unpaired) electrons. The van der Waals surface area contributed by atoms with E-state index in [-0.39, 0.29) is 55.9 Å². The van der Waals surface area contributed by atoms with Crippen molar-refractivity contribution in [3.05, 3.63) is 193 Å². The molecule has 0 amide bonds. The van der Waals surface area contributed by atoms with Crippen molar-refractivity contribution in [3.63, 3.8) is 0 Å². The Morgan fingerprint density at radius 1 is 0.522 bits per heavy atom. The fraction of sp³-hybridized carbons (Fsp3) is 0.0698. The molecule has 0 saturated carbocycles. The molecule has 0 aliphatic rings. The maximum atomic E-state index is 8.39. The molecular formula is C43H34IrN2-2. The Morgan fingerprint density at radius 2 is 1.11 bits per heavy atom. The summed E-state index contributed by atoms with van der Waals surface area (Å²) in [6.45, 7) is 3.74. The minimum atomic E-state index is -0.825. The molecule has 0 unspecified atom stereocenters. The first kappa shape index (κ1) is 26.3. The van der Waals surface area contributed by atoms with Gasteiger partial charge >= 0.3 is 0 Å². The first-order valence-corrected chi connectivity index (χ1v) is 14.7. The van der Waals surface area contributed by atoms with Crippen molar-refractivity contribution in [1.82, 2.24) is 9.97 Å². The minimum absolute atomic E-state index is 0. The van der Waals surface area contributed by atoms with Crippen LogP contribution < -0.4 is 0 Å². The van der Waals surface area contributed by atoms with Crippen LogP contribution in [0.25, 0.3) is 44.8 Å². The topological polar surface area (TPSA) is 25.8 Å². The zero-order valence-electron chi connectivity index (χ0n) is 30.5. The Labute approximate surface area is 293 Å². The van der Waals surface area contributed by atoms with Crippen LogP contribution in [-0.4, -0.2) is 9.97 Å². The summed E-state index contributed by atoms with van der Waals surface area (Å²) in [7, 11) is 0. The van der Waals surface area contributed by atoms with E-state index in [4.69, 9.17) is 6.85 Å². The van der Waals surface area contributed by atoms with E-state index in [2.05, 4.69) is 46.4 Å². The van der Waals surface area contributed by atoms with Gasteiger partial charge in [0.05, 0.1) is 6.85 Å². The van der Waals surface area contributed by atoms with E-state index < -0.39 is 5.41 Å². The third-order valence-electron chi connectivity index (χ3n) is 7.64. The van der Waals surface area contributed by atoms with Crippen LogP contribution in [0, 0.1) is 12.1 Å². The molecule has 0 aliphatic heterocycles. The van der Waals surface area contributed by atoms with Gasteiger partial charge in [-0.15, -0.1) is 70.8 Å². The van der Waals surface area contributed by atoms with Gasteiger partial charge in [-0.1, -0.05) is 123 Å². The quantitative estimate of drug-likeness (QED) is 0.157. The van der Waals surface area contributed by atoms with Crippen LogP contribution in [0.4, 0.5) is 0 Å². The Balaban J connectivity index is 0.000000224. The number of hydrogen-bond donors (Lipinski definition) is 0. The smallest absolute Gasteiger partial charge is 0.0626 e. The second-order valence-electron chi connectivity index (χ2n) is 11.0. The molecule has 7 aromatic rings. The van der Waals surface area contributed by atoms with Crippen molar-refractivity contribution < 1.29 is 27.0 Å². The summed E-state index contributed by atoms with van der Waals surface area (Å²) in [5.41, 5.74) is 8.31. The predicted octanol–water partition coefficient (Wildman–Crippen LogP) is 10.8. The molecule has 227 valence electrons. The maximum absolute atomic E-state index is 8.39. The Kier molecular flexibility index (Phi) is 8.78. The van der Waals surface area contributed by atoms with E-state index >= 15 is 0 Å². The van der Waals surface area contributed by atoms with Gasteiger partial charge in [0.15, 0.2) is 0 Å². The average Bonchev–Trinajstić information content (AvgIpc) is 3.18. The molecule has 46 heavy (non-hydrogen) atoms. The van der Waals surface area contributed by atoms with Gasteiger partial charge < -0.3 is 9.97 Å². The standard InChI is InChI=1S/C26H22N.C17H12N.Ir/c1-26(2,23-13-7-4-8-14-23)24-15-9-12-22(18-24)25-19-21(16-17-27-25)20-10-5-3-6-11-20;1-2-7-14(8-3-1)15-9-6-10-16(13-15)17-11-4-5-12-18-17;/h3-11,13-19H,1-2H3;1-9,11-13H;/q2*-1;/i4D,7D,8D,13D,14D;;. The van der Waals surface area contributed by atoms with Gasteiger partial charge in [-0.3, -0.25) is 0 Å². The molecule has 0 fully saturated rings. The summed E-state index contributed by atoms with van der Waals surface area (Å²) >= 11 is 0. The largest absolute Gasteiger partial charge is 0.305 e. The van der Waals surface area contributed by atoms with Gasteiger partial charge in [-0.2, -0.15) is 0 Å². The minimum Gasteiger partial charge on any atom is -0.305 e. The van der Waals surface area contributed by atoms with Crippen LogP contribution in [0.1, 0.15) is 31.8 Å². The van der Waals surface area contributed by atoms with E-state index in [1.54, 1.807) is 18.5 Å². The van der Waals surface area contributed by atoms with Crippen LogP contribution in [-0.2, 0) is 25.5 Å². The van der Waals surface area contributed by atoms with Crippen molar-refractivity contribution in [2.45, 2.75) is 19.3 Å². The fourth-order valence-corrected chi connectivity index (χ4v) is 5.04. The van der Waals surface area contributed by atoms with Crippen molar-refractivity contribution in [1.29, 1.82) is 0 Å². The first-order valence-electron chi connectivity index (χ1n) is 17.2. The van der Waals surface area contributed by atoms with E-state index in [1.165, 1.54) is 11.1 Å². The van der Waals surface area contributed by atoms with Crippen molar-refractivity contribution in [2.75, 3.05) is 0 Å². The molecule has 2 nitrogen and oxygen atoms in total. The van der Waals surface area contributed by atoms with Gasteiger partial charge in [-0.05, 0) is 51.2 Å². The molecule has 5 aromatic carbocycles. The summed E-state index contributed by atoms with van der Waals surface area (Å²) in [5.74, 6) is 0. The van der Waals surface area contributed by atoms with Gasteiger partial charge in [0.25, 0.3) is 0 Å². The van der Waals surface area contributed by atoms with Gasteiger partial charge in [0.1, 0.15) is 0 Å². The summed E-state index contributed by atoms with van der Waals surface area (Å²) in [5, 5.41) is 0. The molecule has 7 rings (SSSR count). The zero-order valence-corrected chi connectivity index (χ0v) is 27.9. The number of rotatable bonds is 6. The fourth-order valence-electron chi connectivity index (χ4n) is 5.04. The van der Waals surface area contributed by atoms with E-state index in [9.17, 15) is 0 Å². The van der Waals surface area contributed by atoms with Crippen molar-refractivity contribution in [3.8, 4) is 44.8 Å². The van der Waals surface area contributed by atoms with Crippen molar-refractivity contribution >= 4 is 0 Å². The molecule has 2 heterocycles. The SMILES string of the molecule is [2H]c1c([2H])c([2H])c(C(C)(C)c2cc[c-]c(-c3cc(-c4ccccc4)ccn3)c2)c([2H])c1[2H].[Ir].[c-]1ccc(-c2ccccc2)cc1-c1ccccn1. The molecule has 3 heteroatoms. The first-order chi connectivity index (χ1) is 24.1. The number of pyridine rings is 2. The van der Waals surface area contributed by atoms with E-state index in [0.29, 0.717) is 0 Å².